The van der Waals surface area contributed by atoms with Gasteiger partial charge in [-0.2, -0.15) is 0 Å². The Morgan fingerprint density at radius 3 is 2.35 bits per heavy atom. The number of carboxylic acids is 1. The first-order valence-corrected chi connectivity index (χ1v) is 6.43. The van der Waals surface area contributed by atoms with Crippen molar-refractivity contribution in [2.45, 2.75) is 5.88 Å². The van der Waals surface area contributed by atoms with Crippen LogP contribution in [0.5, 0.6) is 0 Å². The number of benzene rings is 2. The second-order valence-electron chi connectivity index (χ2n) is 4.17. The molecule has 0 fully saturated rings. The Bertz CT molecular complexity index is 638. The van der Waals surface area contributed by atoms with E-state index in [1.54, 1.807) is 36.4 Å². The second-order valence-corrected chi connectivity index (χ2v) is 4.44. The molecule has 0 aromatic heterocycles. The van der Waals surface area contributed by atoms with E-state index < -0.39 is 5.97 Å². The number of amides is 1. The zero-order valence-electron chi connectivity index (χ0n) is 10.5. The van der Waals surface area contributed by atoms with Crippen LogP contribution in [-0.2, 0) is 5.88 Å². The molecule has 2 rings (SSSR count). The van der Waals surface area contributed by atoms with Crippen LogP contribution in [0.4, 0.5) is 5.69 Å². The lowest BCUT2D eigenvalue weighted by atomic mass is 10.1. The predicted octanol–water partition coefficient (Wildman–Crippen LogP) is 3.38. The van der Waals surface area contributed by atoms with Crippen molar-refractivity contribution in [3.63, 3.8) is 0 Å². The molecule has 0 spiro atoms. The molecule has 0 unspecified atom stereocenters. The summed E-state index contributed by atoms with van der Waals surface area (Å²) < 4.78 is 0. The average molecular weight is 290 g/mol. The average Bonchev–Trinajstić information content (AvgIpc) is 2.47. The summed E-state index contributed by atoms with van der Waals surface area (Å²) >= 11 is 5.68. The van der Waals surface area contributed by atoms with E-state index in [9.17, 15) is 9.59 Å². The Hall–Kier alpha value is -2.33. The van der Waals surface area contributed by atoms with Gasteiger partial charge in [-0.1, -0.05) is 18.2 Å². The van der Waals surface area contributed by atoms with Gasteiger partial charge in [-0.25, -0.2) is 4.79 Å². The molecule has 0 atom stereocenters. The molecule has 102 valence electrons. The van der Waals surface area contributed by atoms with Crippen molar-refractivity contribution < 1.29 is 14.7 Å². The topological polar surface area (TPSA) is 66.4 Å². The van der Waals surface area contributed by atoms with Crippen molar-refractivity contribution in [2.24, 2.45) is 0 Å². The van der Waals surface area contributed by atoms with Crippen molar-refractivity contribution >= 4 is 29.2 Å². The SMILES string of the molecule is O=C(O)c1cccc(NC(=O)c2ccc(CCl)cc2)c1. The predicted molar refractivity (Wildman–Crippen MR) is 77.4 cm³/mol. The minimum absolute atomic E-state index is 0.125. The van der Waals surface area contributed by atoms with Gasteiger partial charge < -0.3 is 10.4 Å². The third kappa shape index (κ3) is 3.36. The maximum absolute atomic E-state index is 12.0. The molecule has 2 N–H and O–H groups in total. The summed E-state index contributed by atoms with van der Waals surface area (Å²) in [6, 6.07) is 13.0. The van der Waals surface area contributed by atoms with Gasteiger partial charge in [0.05, 0.1) is 5.56 Å². The fourth-order valence-electron chi connectivity index (χ4n) is 1.68. The summed E-state index contributed by atoms with van der Waals surface area (Å²) in [5.41, 5.74) is 1.98. The third-order valence-corrected chi connectivity index (χ3v) is 3.05. The molecule has 0 radical (unpaired) electrons. The Morgan fingerprint density at radius 1 is 1.05 bits per heavy atom. The minimum Gasteiger partial charge on any atom is -0.478 e. The number of carbonyl (C=O) groups excluding carboxylic acids is 1. The Labute approximate surface area is 121 Å². The van der Waals surface area contributed by atoms with Gasteiger partial charge in [-0.05, 0) is 35.9 Å². The number of halogens is 1. The lowest BCUT2D eigenvalue weighted by Gasteiger charge is -2.06. The molecule has 5 heteroatoms. The van der Waals surface area contributed by atoms with E-state index in [1.165, 1.54) is 12.1 Å². The lowest BCUT2D eigenvalue weighted by Crippen LogP contribution is -2.12. The Balaban J connectivity index is 2.14. The van der Waals surface area contributed by atoms with E-state index in [2.05, 4.69) is 5.32 Å². The van der Waals surface area contributed by atoms with Crippen LogP contribution in [0, 0.1) is 0 Å². The van der Waals surface area contributed by atoms with Crippen LogP contribution in [0.3, 0.4) is 0 Å². The number of carbonyl (C=O) groups is 2. The highest BCUT2D eigenvalue weighted by molar-refractivity contribution is 6.17. The fraction of sp³-hybridized carbons (Fsp3) is 0.0667. The molecule has 2 aromatic carbocycles. The number of rotatable bonds is 4. The van der Waals surface area contributed by atoms with Gasteiger partial charge in [0.15, 0.2) is 0 Å². The number of nitrogens with one attached hydrogen (secondary N) is 1. The van der Waals surface area contributed by atoms with Gasteiger partial charge in [0.1, 0.15) is 0 Å². The van der Waals surface area contributed by atoms with E-state index >= 15 is 0 Å². The molecule has 2 aromatic rings. The summed E-state index contributed by atoms with van der Waals surface area (Å²) in [6.45, 7) is 0. The second kappa shape index (κ2) is 6.21. The van der Waals surface area contributed by atoms with Crippen LogP contribution in [-0.4, -0.2) is 17.0 Å². The summed E-state index contributed by atoms with van der Waals surface area (Å²) in [6.07, 6.45) is 0. The van der Waals surface area contributed by atoms with Crippen molar-refractivity contribution in [3.8, 4) is 0 Å². The van der Waals surface area contributed by atoms with Crippen LogP contribution in [0.15, 0.2) is 48.5 Å². The maximum atomic E-state index is 12.0. The van der Waals surface area contributed by atoms with Crippen LogP contribution in [0.25, 0.3) is 0 Å². The number of aromatic carboxylic acids is 1. The molecule has 1 amide bonds. The molecule has 0 bridgehead atoms. The van der Waals surface area contributed by atoms with Crippen LogP contribution >= 0.6 is 11.6 Å². The van der Waals surface area contributed by atoms with Gasteiger partial charge in [0, 0.05) is 17.1 Å². The number of hydrogen-bond donors (Lipinski definition) is 2. The molecule has 0 saturated heterocycles. The molecular weight excluding hydrogens is 278 g/mol. The number of hydrogen-bond acceptors (Lipinski definition) is 2. The molecule has 0 aliphatic heterocycles. The Kier molecular flexibility index (Phi) is 4.38. The normalized spacial score (nSPS) is 10.1. The molecule has 0 aliphatic rings. The Morgan fingerprint density at radius 2 is 1.75 bits per heavy atom. The summed E-state index contributed by atoms with van der Waals surface area (Å²) in [5.74, 6) is -0.941. The van der Waals surface area contributed by atoms with Gasteiger partial charge in [-0.3, -0.25) is 4.79 Å². The van der Waals surface area contributed by atoms with Crippen LogP contribution < -0.4 is 5.32 Å². The summed E-state index contributed by atoms with van der Waals surface area (Å²) in [7, 11) is 0. The van der Waals surface area contributed by atoms with Gasteiger partial charge in [-0.15, -0.1) is 11.6 Å². The fourth-order valence-corrected chi connectivity index (χ4v) is 1.86. The van der Waals surface area contributed by atoms with Crippen molar-refractivity contribution in [1.82, 2.24) is 0 Å². The molecule has 0 heterocycles. The van der Waals surface area contributed by atoms with Crippen molar-refractivity contribution in [3.05, 3.63) is 65.2 Å². The van der Waals surface area contributed by atoms with E-state index in [1.807, 2.05) is 0 Å². The zero-order chi connectivity index (χ0) is 14.5. The van der Waals surface area contributed by atoms with Gasteiger partial charge >= 0.3 is 5.97 Å². The van der Waals surface area contributed by atoms with E-state index in [4.69, 9.17) is 16.7 Å². The first-order valence-electron chi connectivity index (χ1n) is 5.90. The highest BCUT2D eigenvalue weighted by Gasteiger charge is 2.08. The molecule has 0 saturated carbocycles. The van der Waals surface area contributed by atoms with E-state index in [0.717, 1.165) is 5.56 Å². The minimum atomic E-state index is -1.03. The van der Waals surface area contributed by atoms with Crippen LogP contribution in [0.1, 0.15) is 26.3 Å². The van der Waals surface area contributed by atoms with Gasteiger partial charge in [0.25, 0.3) is 5.91 Å². The summed E-state index contributed by atoms with van der Waals surface area (Å²) in [4.78, 5) is 22.9. The molecule has 20 heavy (non-hydrogen) atoms. The largest absolute Gasteiger partial charge is 0.478 e. The summed E-state index contributed by atoms with van der Waals surface area (Å²) in [5, 5.41) is 11.5. The lowest BCUT2D eigenvalue weighted by molar-refractivity contribution is 0.0696. The van der Waals surface area contributed by atoms with E-state index in [0.29, 0.717) is 17.1 Å². The molecule has 4 nitrogen and oxygen atoms in total. The number of alkyl halides is 1. The highest BCUT2D eigenvalue weighted by Crippen LogP contribution is 2.13. The number of carboxylic acid groups (broad SMARTS) is 1. The standard InChI is InChI=1S/C15H12ClNO3/c16-9-10-4-6-11(7-5-10)14(18)17-13-3-1-2-12(8-13)15(19)20/h1-8H,9H2,(H,17,18)(H,19,20). The van der Waals surface area contributed by atoms with Crippen LogP contribution in [0.2, 0.25) is 0 Å². The van der Waals surface area contributed by atoms with Crippen molar-refractivity contribution in [2.75, 3.05) is 5.32 Å². The first kappa shape index (κ1) is 14.1. The maximum Gasteiger partial charge on any atom is 0.335 e. The molecular formula is C15H12ClNO3. The highest BCUT2D eigenvalue weighted by atomic mass is 35.5. The van der Waals surface area contributed by atoms with E-state index in [-0.39, 0.29) is 11.5 Å². The third-order valence-electron chi connectivity index (χ3n) is 2.74. The smallest absolute Gasteiger partial charge is 0.335 e. The van der Waals surface area contributed by atoms with Gasteiger partial charge in [0.2, 0.25) is 0 Å². The molecule has 0 aliphatic carbocycles. The zero-order valence-corrected chi connectivity index (χ0v) is 11.2. The quantitative estimate of drug-likeness (QED) is 0.848. The van der Waals surface area contributed by atoms with Crippen molar-refractivity contribution in [1.29, 1.82) is 0 Å². The first-order chi connectivity index (χ1) is 9.60. The number of anilines is 1. The monoisotopic (exact) mass is 289 g/mol.